The van der Waals surface area contributed by atoms with Gasteiger partial charge in [0.25, 0.3) is 0 Å². The van der Waals surface area contributed by atoms with Crippen LogP contribution < -0.4 is 4.90 Å². The Hall–Kier alpha value is -3.51. The number of anilines is 1. The first-order valence-electron chi connectivity index (χ1n) is 13.0. The molecule has 1 aliphatic carbocycles. The van der Waals surface area contributed by atoms with Crippen LogP contribution in [0.5, 0.6) is 0 Å². The number of ketones is 1. The fourth-order valence-corrected chi connectivity index (χ4v) is 5.74. The maximum atomic E-state index is 14.0. The molecule has 5 rings (SSSR count). The topological polar surface area (TPSA) is 68.1 Å². The first kappa shape index (κ1) is 25.2. The standard InChI is InChI=1S/C30H31ClN4O2/c1-3-26(36)13-12-20-14-25(18-32-16-20)35(30(37)21-8-5-4-6-9-21)19-23-11-7-10-22-15-24-17-33-34(2)29(24)28(31)27(22)23/h7,10-18,21H,3-6,8-9,19H2,1-2H3/b13-12+. The van der Waals surface area contributed by atoms with Crippen LogP contribution in [0.4, 0.5) is 5.69 Å². The monoisotopic (exact) mass is 514 g/mol. The van der Waals surface area contributed by atoms with Crippen molar-refractivity contribution in [2.24, 2.45) is 13.0 Å². The molecule has 1 amide bonds. The number of aryl methyl sites for hydroxylation is 1. The molecule has 0 aliphatic heterocycles. The number of amides is 1. The van der Waals surface area contributed by atoms with Gasteiger partial charge in [0.2, 0.25) is 5.91 Å². The third-order valence-electron chi connectivity index (χ3n) is 7.30. The molecule has 0 N–H and O–H groups in total. The van der Waals surface area contributed by atoms with Gasteiger partial charge in [-0.3, -0.25) is 19.3 Å². The van der Waals surface area contributed by atoms with Crippen LogP contribution in [0, 0.1) is 5.92 Å². The van der Waals surface area contributed by atoms with Gasteiger partial charge >= 0.3 is 0 Å². The molecule has 4 aromatic rings. The summed E-state index contributed by atoms with van der Waals surface area (Å²) >= 11 is 6.98. The number of aromatic nitrogens is 3. The van der Waals surface area contributed by atoms with E-state index in [-0.39, 0.29) is 17.6 Å². The summed E-state index contributed by atoms with van der Waals surface area (Å²) in [7, 11) is 1.88. The number of nitrogens with zero attached hydrogens (tertiary/aromatic N) is 4. The van der Waals surface area contributed by atoms with Gasteiger partial charge in [-0.2, -0.15) is 5.10 Å². The van der Waals surface area contributed by atoms with Crippen LogP contribution in [0.2, 0.25) is 5.02 Å². The Morgan fingerprint density at radius 1 is 1.11 bits per heavy atom. The number of carbonyl (C=O) groups excluding carboxylic acids is 2. The second-order valence-electron chi connectivity index (χ2n) is 9.80. The van der Waals surface area contributed by atoms with E-state index in [0.717, 1.165) is 64.2 Å². The summed E-state index contributed by atoms with van der Waals surface area (Å²) in [5.41, 5.74) is 3.35. The Kier molecular flexibility index (Phi) is 7.38. The second kappa shape index (κ2) is 10.9. The lowest BCUT2D eigenvalue weighted by Crippen LogP contribution is -2.37. The van der Waals surface area contributed by atoms with Gasteiger partial charge in [0, 0.05) is 36.4 Å². The van der Waals surface area contributed by atoms with Crippen molar-refractivity contribution < 1.29 is 9.59 Å². The summed E-state index contributed by atoms with van der Waals surface area (Å²) in [6.07, 6.45) is 14.2. The molecular weight excluding hydrogens is 484 g/mol. The van der Waals surface area contributed by atoms with E-state index in [0.29, 0.717) is 18.0 Å². The Morgan fingerprint density at radius 2 is 1.92 bits per heavy atom. The van der Waals surface area contributed by atoms with Crippen LogP contribution in [-0.2, 0) is 23.2 Å². The van der Waals surface area contributed by atoms with Crippen molar-refractivity contribution in [1.29, 1.82) is 0 Å². The number of fused-ring (bicyclic) bond motifs is 2. The van der Waals surface area contributed by atoms with E-state index in [9.17, 15) is 9.59 Å². The molecule has 2 aromatic heterocycles. The summed E-state index contributed by atoms with van der Waals surface area (Å²) < 4.78 is 1.79. The van der Waals surface area contributed by atoms with Crippen molar-refractivity contribution >= 4 is 56.7 Å². The average molecular weight is 515 g/mol. The fraction of sp³-hybridized carbons (Fsp3) is 0.333. The number of hydrogen-bond acceptors (Lipinski definition) is 4. The summed E-state index contributed by atoms with van der Waals surface area (Å²) in [4.78, 5) is 32.0. The van der Waals surface area contributed by atoms with E-state index in [4.69, 9.17) is 11.6 Å². The van der Waals surface area contributed by atoms with Crippen molar-refractivity contribution in [3.8, 4) is 0 Å². The van der Waals surface area contributed by atoms with Crippen LogP contribution in [-0.4, -0.2) is 26.5 Å². The third kappa shape index (κ3) is 5.16. The molecule has 0 atom stereocenters. The van der Waals surface area contributed by atoms with Gasteiger partial charge in [0.05, 0.1) is 35.2 Å². The van der Waals surface area contributed by atoms with Crippen LogP contribution in [0.25, 0.3) is 27.8 Å². The van der Waals surface area contributed by atoms with Gasteiger partial charge in [-0.25, -0.2) is 0 Å². The van der Waals surface area contributed by atoms with E-state index in [1.807, 2.05) is 49.3 Å². The minimum atomic E-state index is -0.0103. The summed E-state index contributed by atoms with van der Waals surface area (Å²) in [6, 6.07) is 10.1. The van der Waals surface area contributed by atoms with E-state index in [1.165, 1.54) is 6.42 Å². The first-order valence-corrected chi connectivity index (χ1v) is 13.3. The number of hydrogen-bond donors (Lipinski definition) is 0. The summed E-state index contributed by atoms with van der Waals surface area (Å²) in [6.45, 7) is 2.21. The number of halogens is 1. The van der Waals surface area contributed by atoms with Crippen LogP contribution in [0.1, 0.15) is 56.6 Å². The molecule has 0 bridgehead atoms. The first-order chi connectivity index (χ1) is 18.0. The number of allylic oxidation sites excluding steroid dienone is 1. The molecule has 0 radical (unpaired) electrons. The Bertz CT molecular complexity index is 1500. The second-order valence-corrected chi connectivity index (χ2v) is 10.2. The molecule has 2 heterocycles. The molecule has 37 heavy (non-hydrogen) atoms. The predicted octanol–water partition coefficient (Wildman–Crippen LogP) is 6.88. The van der Waals surface area contributed by atoms with Gasteiger partial charge in [-0.15, -0.1) is 0 Å². The Labute approximate surface area is 221 Å². The van der Waals surface area contributed by atoms with Crippen LogP contribution in [0.3, 0.4) is 0 Å². The maximum absolute atomic E-state index is 14.0. The van der Waals surface area contributed by atoms with Crippen molar-refractivity contribution in [3.05, 3.63) is 71.1 Å². The van der Waals surface area contributed by atoms with Gasteiger partial charge in [-0.1, -0.05) is 56.0 Å². The highest BCUT2D eigenvalue weighted by molar-refractivity contribution is 6.40. The number of pyridine rings is 1. The zero-order chi connectivity index (χ0) is 25.9. The van der Waals surface area contributed by atoms with Crippen LogP contribution >= 0.6 is 11.6 Å². The van der Waals surface area contributed by atoms with Crippen molar-refractivity contribution in [2.75, 3.05) is 4.90 Å². The SMILES string of the molecule is CCC(=O)/C=C/c1cncc(N(Cc2cccc3cc4cnn(C)c4c(Cl)c23)C(=O)C2CCCCC2)c1. The van der Waals surface area contributed by atoms with Gasteiger partial charge < -0.3 is 4.90 Å². The van der Waals surface area contributed by atoms with E-state index >= 15 is 0 Å². The predicted molar refractivity (Wildman–Crippen MR) is 150 cm³/mol. The van der Waals surface area contributed by atoms with E-state index < -0.39 is 0 Å². The molecule has 190 valence electrons. The Balaban J connectivity index is 1.59. The quantitative estimate of drug-likeness (QED) is 0.252. The van der Waals surface area contributed by atoms with E-state index in [1.54, 1.807) is 29.2 Å². The molecule has 1 aliphatic rings. The minimum Gasteiger partial charge on any atom is -0.306 e. The fourth-order valence-electron chi connectivity index (χ4n) is 5.28. The van der Waals surface area contributed by atoms with Crippen molar-refractivity contribution in [1.82, 2.24) is 14.8 Å². The van der Waals surface area contributed by atoms with Gasteiger partial charge in [0.1, 0.15) is 0 Å². The van der Waals surface area contributed by atoms with Crippen molar-refractivity contribution in [2.45, 2.75) is 52.0 Å². The smallest absolute Gasteiger partial charge is 0.230 e. The molecule has 1 saturated carbocycles. The van der Waals surface area contributed by atoms with Crippen molar-refractivity contribution in [3.63, 3.8) is 0 Å². The van der Waals surface area contributed by atoms with E-state index in [2.05, 4.69) is 16.1 Å². The third-order valence-corrected chi connectivity index (χ3v) is 7.67. The van der Waals surface area contributed by atoms with Gasteiger partial charge in [0.15, 0.2) is 5.78 Å². The normalized spacial score (nSPS) is 14.6. The molecule has 0 unspecified atom stereocenters. The molecular formula is C30H31ClN4O2. The Morgan fingerprint density at radius 3 is 2.70 bits per heavy atom. The minimum absolute atomic E-state index is 0.0103. The number of carbonyl (C=O) groups is 2. The zero-order valence-electron chi connectivity index (χ0n) is 21.3. The highest BCUT2D eigenvalue weighted by atomic mass is 35.5. The highest BCUT2D eigenvalue weighted by Gasteiger charge is 2.28. The number of rotatable bonds is 7. The lowest BCUT2D eigenvalue weighted by atomic mass is 9.88. The maximum Gasteiger partial charge on any atom is 0.230 e. The molecule has 7 heteroatoms. The molecule has 6 nitrogen and oxygen atoms in total. The summed E-state index contributed by atoms with van der Waals surface area (Å²) in [5.74, 6) is 0.151. The molecule has 0 saturated heterocycles. The molecule has 1 fully saturated rings. The van der Waals surface area contributed by atoms with Gasteiger partial charge in [-0.05, 0) is 53.6 Å². The lowest BCUT2D eigenvalue weighted by Gasteiger charge is -2.30. The van der Waals surface area contributed by atoms with Crippen LogP contribution in [0.15, 0.2) is 55.0 Å². The zero-order valence-corrected chi connectivity index (χ0v) is 22.0. The molecule has 2 aromatic carbocycles. The summed E-state index contributed by atoms with van der Waals surface area (Å²) in [5, 5.41) is 7.95. The highest BCUT2D eigenvalue weighted by Crippen LogP contribution is 2.36. The molecule has 0 spiro atoms. The lowest BCUT2D eigenvalue weighted by molar-refractivity contribution is -0.123. The number of benzene rings is 2. The largest absolute Gasteiger partial charge is 0.306 e. The average Bonchev–Trinajstić information content (AvgIpc) is 3.31.